The number of fused-ring (bicyclic) bond motifs is 1. The van der Waals surface area contributed by atoms with Crippen molar-refractivity contribution in [3.63, 3.8) is 0 Å². The van der Waals surface area contributed by atoms with Gasteiger partial charge < -0.3 is 18.6 Å². The molecule has 0 bridgehead atoms. The first kappa shape index (κ1) is 17.4. The molecule has 0 aliphatic carbocycles. The molecule has 8 heteroatoms. The maximum absolute atomic E-state index is 12.4. The molecular formula is C19H15ClN2O5. The van der Waals surface area contributed by atoms with Crippen molar-refractivity contribution in [2.24, 2.45) is 0 Å². The van der Waals surface area contributed by atoms with Crippen LogP contribution in [0, 0.1) is 0 Å². The van der Waals surface area contributed by atoms with Crippen molar-refractivity contribution in [2.45, 2.75) is 13.0 Å². The SMILES string of the molecule is O=C(OCc1nnc(-c2ccccc2)o1)c1cc(Cl)c2c(c1)OCCCO2. The van der Waals surface area contributed by atoms with Gasteiger partial charge in [-0.2, -0.15) is 0 Å². The van der Waals surface area contributed by atoms with Crippen LogP contribution in [-0.4, -0.2) is 29.4 Å². The van der Waals surface area contributed by atoms with Gasteiger partial charge in [0.25, 0.3) is 5.89 Å². The quantitative estimate of drug-likeness (QED) is 0.628. The van der Waals surface area contributed by atoms with E-state index in [1.54, 1.807) is 6.07 Å². The second-order valence-corrected chi connectivity index (χ2v) is 6.19. The van der Waals surface area contributed by atoms with Crippen LogP contribution < -0.4 is 9.47 Å². The fraction of sp³-hybridized carbons (Fsp3) is 0.211. The van der Waals surface area contributed by atoms with Gasteiger partial charge in [0.2, 0.25) is 5.89 Å². The minimum Gasteiger partial charge on any atom is -0.489 e. The van der Waals surface area contributed by atoms with Crippen LogP contribution in [0.4, 0.5) is 0 Å². The van der Waals surface area contributed by atoms with Crippen LogP contribution >= 0.6 is 11.6 Å². The van der Waals surface area contributed by atoms with Gasteiger partial charge in [0.05, 0.1) is 23.8 Å². The van der Waals surface area contributed by atoms with E-state index in [0.717, 1.165) is 12.0 Å². The molecule has 3 aromatic rings. The topological polar surface area (TPSA) is 83.7 Å². The second-order valence-electron chi connectivity index (χ2n) is 5.78. The third kappa shape index (κ3) is 3.88. The van der Waals surface area contributed by atoms with E-state index in [1.165, 1.54) is 6.07 Å². The van der Waals surface area contributed by atoms with Crippen molar-refractivity contribution >= 4 is 17.6 Å². The van der Waals surface area contributed by atoms with Gasteiger partial charge >= 0.3 is 5.97 Å². The predicted octanol–water partition coefficient (Wildman–Crippen LogP) is 3.91. The van der Waals surface area contributed by atoms with Gasteiger partial charge in [0.1, 0.15) is 0 Å². The maximum Gasteiger partial charge on any atom is 0.338 e. The summed E-state index contributed by atoms with van der Waals surface area (Å²) in [5, 5.41) is 8.14. The van der Waals surface area contributed by atoms with E-state index in [9.17, 15) is 4.79 Å². The number of carbonyl (C=O) groups excluding carboxylic acids is 1. The summed E-state index contributed by atoms with van der Waals surface area (Å²) in [5.74, 6) is 0.848. The van der Waals surface area contributed by atoms with E-state index < -0.39 is 5.97 Å². The molecule has 2 aromatic carbocycles. The molecule has 138 valence electrons. The lowest BCUT2D eigenvalue weighted by Crippen LogP contribution is -2.06. The summed E-state index contributed by atoms with van der Waals surface area (Å²) in [4.78, 5) is 12.4. The predicted molar refractivity (Wildman–Crippen MR) is 95.9 cm³/mol. The largest absolute Gasteiger partial charge is 0.489 e. The van der Waals surface area contributed by atoms with Gasteiger partial charge in [0, 0.05) is 12.0 Å². The number of carbonyl (C=O) groups is 1. The van der Waals surface area contributed by atoms with Crippen molar-refractivity contribution in [3.8, 4) is 23.0 Å². The lowest BCUT2D eigenvalue weighted by Gasteiger charge is -2.11. The summed E-state index contributed by atoms with van der Waals surface area (Å²) in [6.07, 6.45) is 0.742. The van der Waals surface area contributed by atoms with Crippen LogP contribution in [0.3, 0.4) is 0 Å². The van der Waals surface area contributed by atoms with Crippen LogP contribution in [0.2, 0.25) is 5.02 Å². The highest BCUT2D eigenvalue weighted by Crippen LogP contribution is 2.38. The summed E-state index contributed by atoms with van der Waals surface area (Å²) in [5.41, 5.74) is 1.05. The molecule has 1 aliphatic rings. The zero-order valence-electron chi connectivity index (χ0n) is 14.2. The van der Waals surface area contributed by atoms with Gasteiger partial charge in [-0.15, -0.1) is 10.2 Å². The molecule has 27 heavy (non-hydrogen) atoms. The normalized spacial score (nSPS) is 13.1. The molecule has 0 N–H and O–H groups in total. The molecule has 4 rings (SSSR count). The average molecular weight is 387 g/mol. The van der Waals surface area contributed by atoms with Crippen LogP contribution in [0.1, 0.15) is 22.7 Å². The fourth-order valence-corrected chi connectivity index (χ4v) is 2.83. The lowest BCUT2D eigenvalue weighted by molar-refractivity contribution is 0.0438. The molecule has 0 amide bonds. The number of benzene rings is 2. The molecule has 0 fully saturated rings. The summed E-state index contributed by atoms with van der Waals surface area (Å²) in [6, 6.07) is 12.4. The lowest BCUT2D eigenvalue weighted by atomic mass is 10.2. The van der Waals surface area contributed by atoms with Gasteiger partial charge in [-0.05, 0) is 24.3 Å². The Kier molecular flexibility index (Phi) is 4.93. The molecule has 1 aliphatic heterocycles. The third-order valence-corrected chi connectivity index (χ3v) is 4.13. The second kappa shape index (κ2) is 7.67. The van der Waals surface area contributed by atoms with Gasteiger partial charge in [-0.25, -0.2) is 4.79 Å². The van der Waals surface area contributed by atoms with Crippen LogP contribution in [-0.2, 0) is 11.3 Å². The number of ether oxygens (including phenoxy) is 3. The third-order valence-electron chi connectivity index (χ3n) is 3.85. The minimum atomic E-state index is -0.577. The standard InChI is InChI=1S/C19H15ClN2O5/c20-14-9-13(10-15-17(14)25-8-4-7-24-15)19(23)26-11-16-21-22-18(27-16)12-5-2-1-3-6-12/h1-3,5-6,9-10H,4,7-8,11H2. The highest BCUT2D eigenvalue weighted by atomic mass is 35.5. The zero-order valence-corrected chi connectivity index (χ0v) is 14.9. The average Bonchev–Trinajstić information content (AvgIpc) is 3.04. The number of nitrogens with zero attached hydrogens (tertiary/aromatic N) is 2. The van der Waals surface area contributed by atoms with E-state index in [-0.39, 0.29) is 18.1 Å². The van der Waals surface area contributed by atoms with E-state index in [4.69, 9.17) is 30.2 Å². The Morgan fingerprint density at radius 3 is 2.78 bits per heavy atom. The Bertz CT molecular complexity index is 958. The zero-order chi connectivity index (χ0) is 18.6. The van der Waals surface area contributed by atoms with Crippen LogP contribution in [0.15, 0.2) is 46.9 Å². The Morgan fingerprint density at radius 2 is 1.93 bits per heavy atom. The fourth-order valence-electron chi connectivity index (χ4n) is 2.57. The first-order valence-corrected chi connectivity index (χ1v) is 8.72. The molecule has 2 heterocycles. The van der Waals surface area contributed by atoms with Crippen LogP contribution in [0.25, 0.3) is 11.5 Å². The summed E-state index contributed by atoms with van der Waals surface area (Å²) in [6.45, 7) is 0.855. The Balaban J connectivity index is 1.45. The minimum absolute atomic E-state index is 0.148. The smallest absolute Gasteiger partial charge is 0.338 e. The highest BCUT2D eigenvalue weighted by molar-refractivity contribution is 6.32. The van der Waals surface area contributed by atoms with Gasteiger partial charge in [-0.1, -0.05) is 29.8 Å². The number of halogens is 1. The molecule has 1 aromatic heterocycles. The van der Waals surface area contributed by atoms with Crippen molar-refractivity contribution in [3.05, 3.63) is 58.9 Å². The van der Waals surface area contributed by atoms with E-state index in [1.807, 2.05) is 30.3 Å². The monoisotopic (exact) mass is 386 g/mol. The molecule has 7 nitrogen and oxygen atoms in total. The number of rotatable bonds is 4. The number of aromatic nitrogens is 2. The maximum atomic E-state index is 12.4. The summed E-state index contributed by atoms with van der Waals surface area (Å²) >= 11 is 6.20. The van der Waals surface area contributed by atoms with Crippen molar-refractivity contribution in [1.82, 2.24) is 10.2 Å². The molecule has 0 saturated carbocycles. The molecule has 0 unspecified atom stereocenters. The first-order valence-electron chi connectivity index (χ1n) is 8.35. The molecule has 0 atom stereocenters. The van der Waals surface area contributed by atoms with Gasteiger partial charge in [-0.3, -0.25) is 0 Å². The molecule has 0 saturated heterocycles. The first-order chi connectivity index (χ1) is 13.2. The molecule has 0 spiro atoms. The Hall–Kier alpha value is -3.06. The van der Waals surface area contributed by atoms with Crippen molar-refractivity contribution in [1.29, 1.82) is 0 Å². The number of hydrogen-bond donors (Lipinski definition) is 0. The van der Waals surface area contributed by atoms with Crippen LogP contribution in [0.5, 0.6) is 11.5 Å². The Labute approximate surface area is 159 Å². The summed E-state index contributed by atoms with van der Waals surface area (Å²) in [7, 11) is 0. The summed E-state index contributed by atoms with van der Waals surface area (Å²) < 4.78 is 21.9. The molecule has 0 radical (unpaired) electrons. The van der Waals surface area contributed by atoms with Crippen molar-refractivity contribution < 1.29 is 23.4 Å². The van der Waals surface area contributed by atoms with E-state index >= 15 is 0 Å². The molecular weight excluding hydrogens is 372 g/mol. The van der Waals surface area contributed by atoms with Gasteiger partial charge in [0.15, 0.2) is 18.1 Å². The van der Waals surface area contributed by atoms with E-state index in [0.29, 0.717) is 35.6 Å². The number of hydrogen-bond acceptors (Lipinski definition) is 7. The Morgan fingerprint density at radius 1 is 1.11 bits per heavy atom. The van der Waals surface area contributed by atoms with E-state index in [2.05, 4.69) is 10.2 Å². The highest BCUT2D eigenvalue weighted by Gasteiger charge is 2.20. The number of esters is 1. The van der Waals surface area contributed by atoms with Crippen molar-refractivity contribution in [2.75, 3.05) is 13.2 Å².